The molecule has 20 heavy (non-hydrogen) atoms. The molecule has 0 aromatic carbocycles. The Bertz CT molecular complexity index is 439. The lowest BCUT2D eigenvalue weighted by Crippen LogP contribution is -2.30. The number of ether oxygens (including phenoxy) is 1. The van der Waals surface area contributed by atoms with Crippen molar-refractivity contribution < 1.29 is 4.74 Å². The second-order valence-corrected chi connectivity index (χ2v) is 5.72. The molecule has 2 fully saturated rings. The summed E-state index contributed by atoms with van der Waals surface area (Å²) in [5.41, 5.74) is 0. The van der Waals surface area contributed by atoms with Crippen LogP contribution in [0.2, 0.25) is 0 Å². The maximum absolute atomic E-state index is 5.64. The summed E-state index contributed by atoms with van der Waals surface area (Å²) in [6, 6.07) is 2.08. The molecule has 0 spiro atoms. The van der Waals surface area contributed by atoms with E-state index in [1.54, 1.807) is 0 Å². The molecule has 3 rings (SSSR count). The summed E-state index contributed by atoms with van der Waals surface area (Å²) in [5.74, 6) is 2.82. The zero-order chi connectivity index (χ0) is 13.8. The van der Waals surface area contributed by atoms with Gasteiger partial charge in [-0.05, 0) is 39.0 Å². The highest BCUT2D eigenvalue weighted by Crippen LogP contribution is 2.21. The van der Waals surface area contributed by atoms with Crippen molar-refractivity contribution in [2.45, 2.75) is 45.1 Å². The van der Waals surface area contributed by atoms with Crippen LogP contribution in [0.5, 0.6) is 0 Å². The molecule has 0 saturated carbocycles. The molecule has 0 amide bonds. The highest BCUT2D eigenvalue weighted by atomic mass is 16.5. The smallest absolute Gasteiger partial charge is 0.134 e. The fourth-order valence-corrected chi connectivity index (χ4v) is 2.95. The van der Waals surface area contributed by atoms with Crippen molar-refractivity contribution in [2.24, 2.45) is 0 Å². The van der Waals surface area contributed by atoms with Gasteiger partial charge in [-0.2, -0.15) is 0 Å². The average molecular weight is 276 g/mol. The van der Waals surface area contributed by atoms with Gasteiger partial charge in [0.05, 0.1) is 6.10 Å². The van der Waals surface area contributed by atoms with Gasteiger partial charge in [0, 0.05) is 32.3 Å². The van der Waals surface area contributed by atoms with E-state index < -0.39 is 0 Å². The Balaban J connectivity index is 1.65. The topological polar surface area (TPSA) is 50.3 Å². The van der Waals surface area contributed by atoms with E-state index in [9.17, 15) is 0 Å². The minimum Gasteiger partial charge on any atom is -0.376 e. The molecule has 1 aromatic heterocycles. The molecule has 5 nitrogen and oxygen atoms in total. The molecule has 3 heterocycles. The first kappa shape index (κ1) is 13.6. The largest absolute Gasteiger partial charge is 0.376 e. The van der Waals surface area contributed by atoms with Gasteiger partial charge in [-0.25, -0.2) is 9.97 Å². The van der Waals surface area contributed by atoms with Gasteiger partial charge in [-0.3, -0.25) is 0 Å². The van der Waals surface area contributed by atoms with Crippen LogP contribution in [-0.2, 0) is 4.74 Å². The molecule has 2 aliphatic heterocycles. The Hall–Kier alpha value is -1.36. The quantitative estimate of drug-likeness (QED) is 0.915. The van der Waals surface area contributed by atoms with Crippen LogP contribution in [0.4, 0.5) is 11.6 Å². The summed E-state index contributed by atoms with van der Waals surface area (Å²) in [7, 11) is 0. The van der Waals surface area contributed by atoms with Gasteiger partial charge < -0.3 is 15.0 Å². The van der Waals surface area contributed by atoms with Crippen LogP contribution in [0.1, 0.15) is 37.9 Å². The average Bonchev–Trinajstić information content (AvgIpc) is 2.99. The van der Waals surface area contributed by atoms with Gasteiger partial charge in [0.25, 0.3) is 0 Å². The van der Waals surface area contributed by atoms with Crippen LogP contribution >= 0.6 is 0 Å². The number of hydrogen-bond donors (Lipinski definition) is 1. The molecule has 1 aromatic rings. The summed E-state index contributed by atoms with van der Waals surface area (Å²) < 4.78 is 5.64. The van der Waals surface area contributed by atoms with Crippen LogP contribution in [-0.4, -0.2) is 42.3 Å². The molecule has 1 atom stereocenters. The van der Waals surface area contributed by atoms with E-state index in [-0.39, 0.29) is 0 Å². The normalized spacial score (nSPS) is 23.1. The lowest BCUT2D eigenvalue weighted by molar-refractivity contribution is 0.120. The first-order valence-electron chi connectivity index (χ1n) is 7.77. The second-order valence-electron chi connectivity index (χ2n) is 5.72. The third-order valence-electron chi connectivity index (χ3n) is 4.04. The van der Waals surface area contributed by atoms with Crippen molar-refractivity contribution in [1.82, 2.24) is 9.97 Å². The van der Waals surface area contributed by atoms with Crippen LogP contribution in [0.25, 0.3) is 0 Å². The predicted octanol–water partition coefficient (Wildman–Crippen LogP) is 2.37. The van der Waals surface area contributed by atoms with E-state index in [1.807, 2.05) is 6.92 Å². The van der Waals surface area contributed by atoms with Gasteiger partial charge in [0.1, 0.15) is 17.5 Å². The van der Waals surface area contributed by atoms with Gasteiger partial charge in [-0.1, -0.05) is 0 Å². The van der Waals surface area contributed by atoms with E-state index in [0.717, 1.165) is 50.1 Å². The van der Waals surface area contributed by atoms with Crippen molar-refractivity contribution in [2.75, 3.05) is 36.5 Å². The fraction of sp³-hybridized carbons (Fsp3) is 0.733. The summed E-state index contributed by atoms with van der Waals surface area (Å²) in [6.45, 7) is 5.93. The third kappa shape index (κ3) is 3.39. The maximum Gasteiger partial charge on any atom is 0.134 e. The molecule has 2 saturated heterocycles. The first-order chi connectivity index (χ1) is 9.81. The van der Waals surface area contributed by atoms with Crippen LogP contribution in [0, 0.1) is 6.92 Å². The first-order valence-corrected chi connectivity index (χ1v) is 7.77. The highest BCUT2D eigenvalue weighted by molar-refractivity contribution is 5.49. The van der Waals surface area contributed by atoms with E-state index in [1.165, 1.54) is 25.7 Å². The Kier molecular flexibility index (Phi) is 4.35. The Morgan fingerprint density at radius 2 is 2.10 bits per heavy atom. The summed E-state index contributed by atoms with van der Waals surface area (Å²) in [6.07, 6.45) is 6.53. The molecule has 0 bridgehead atoms. The number of piperidine rings is 1. The SMILES string of the molecule is Cc1nc(NCC2CCCO2)cc(N2CCCCC2)n1. The minimum atomic E-state index is 0.337. The van der Waals surface area contributed by atoms with Gasteiger partial charge >= 0.3 is 0 Å². The number of rotatable bonds is 4. The Morgan fingerprint density at radius 3 is 2.85 bits per heavy atom. The fourth-order valence-electron chi connectivity index (χ4n) is 2.95. The molecule has 0 radical (unpaired) electrons. The molecule has 5 heteroatoms. The van der Waals surface area contributed by atoms with Crippen LogP contribution in [0.15, 0.2) is 6.07 Å². The minimum absolute atomic E-state index is 0.337. The van der Waals surface area contributed by atoms with E-state index in [4.69, 9.17) is 4.74 Å². The van der Waals surface area contributed by atoms with E-state index in [0.29, 0.717) is 6.10 Å². The molecule has 1 N–H and O–H groups in total. The van der Waals surface area contributed by atoms with Gasteiger partial charge in [-0.15, -0.1) is 0 Å². The zero-order valence-corrected chi connectivity index (χ0v) is 12.3. The van der Waals surface area contributed by atoms with E-state index >= 15 is 0 Å². The van der Waals surface area contributed by atoms with Crippen molar-refractivity contribution in [3.8, 4) is 0 Å². The van der Waals surface area contributed by atoms with Gasteiger partial charge in [0.2, 0.25) is 0 Å². The number of aryl methyl sites for hydroxylation is 1. The molecule has 0 aliphatic carbocycles. The Morgan fingerprint density at radius 1 is 1.25 bits per heavy atom. The van der Waals surface area contributed by atoms with Crippen molar-refractivity contribution >= 4 is 11.6 Å². The summed E-state index contributed by atoms with van der Waals surface area (Å²) in [4.78, 5) is 11.4. The number of nitrogens with zero attached hydrogens (tertiary/aromatic N) is 3. The molecular formula is C15H24N4O. The number of aromatic nitrogens is 2. The zero-order valence-electron chi connectivity index (χ0n) is 12.3. The number of anilines is 2. The standard InChI is InChI=1S/C15H24N4O/c1-12-17-14(16-11-13-6-5-9-20-13)10-15(18-12)19-7-3-2-4-8-19/h10,13H,2-9,11H2,1H3,(H,16,17,18). The number of hydrogen-bond acceptors (Lipinski definition) is 5. The predicted molar refractivity (Wildman–Crippen MR) is 80.3 cm³/mol. The highest BCUT2D eigenvalue weighted by Gasteiger charge is 2.17. The second kappa shape index (κ2) is 6.39. The van der Waals surface area contributed by atoms with Crippen molar-refractivity contribution in [3.63, 3.8) is 0 Å². The van der Waals surface area contributed by atoms with Crippen LogP contribution in [0.3, 0.4) is 0 Å². The third-order valence-corrected chi connectivity index (χ3v) is 4.04. The molecule has 2 aliphatic rings. The number of nitrogens with one attached hydrogen (secondary N) is 1. The van der Waals surface area contributed by atoms with Crippen LogP contribution < -0.4 is 10.2 Å². The van der Waals surface area contributed by atoms with E-state index in [2.05, 4.69) is 26.3 Å². The molecular weight excluding hydrogens is 252 g/mol. The lowest BCUT2D eigenvalue weighted by Gasteiger charge is -2.28. The monoisotopic (exact) mass is 276 g/mol. The Labute approximate surface area is 120 Å². The maximum atomic E-state index is 5.64. The molecule has 1 unspecified atom stereocenters. The summed E-state index contributed by atoms with van der Waals surface area (Å²) in [5, 5.41) is 3.40. The van der Waals surface area contributed by atoms with Gasteiger partial charge in [0.15, 0.2) is 0 Å². The van der Waals surface area contributed by atoms with Crippen molar-refractivity contribution in [1.29, 1.82) is 0 Å². The van der Waals surface area contributed by atoms with Crippen molar-refractivity contribution in [3.05, 3.63) is 11.9 Å². The summed E-state index contributed by atoms with van der Waals surface area (Å²) >= 11 is 0. The lowest BCUT2D eigenvalue weighted by atomic mass is 10.1. The molecule has 110 valence electrons.